The number of benzene rings is 2. The van der Waals surface area contributed by atoms with Crippen LogP contribution >= 0.6 is 0 Å². The molecule has 3 aromatic rings. The van der Waals surface area contributed by atoms with E-state index in [4.69, 9.17) is 9.72 Å². The lowest BCUT2D eigenvalue weighted by atomic mass is 10.1. The Hall–Kier alpha value is -2.37. The zero-order chi connectivity index (χ0) is 20.2. The summed E-state index contributed by atoms with van der Waals surface area (Å²) in [7, 11) is 2.20. The average molecular weight is 393 g/mol. The van der Waals surface area contributed by atoms with Crippen LogP contribution in [0.1, 0.15) is 24.0 Å². The number of nitrogens with zero attached hydrogens (tertiary/aromatic N) is 3. The Kier molecular flexibility index (Phi) is 6.16. The van der Waals surface area contributed by atoms with Gasteiger partial charge in [0.25, 0.3) is 0 Å². The molecule has 29 heavy (non-hydrogen) atoms. The normalized spacial score (nSPS) is 15.8. The number of H-pyrrole nitrogens is 1. The lowest BCUT2D eigenvalue weighted by Gasteiger charge is -2.32. The maximum atomic E-state index is 6.02. The fourth-order valence-corrected chi connectivity index (χ4v) is 3.84. The van der Waals surface area contributed by atoms with Crippen molar-refractivity contribution in [2.45, 2.75) is 26.7 Å². The van der Waals surface area contributed by atoms with E-state index in [0.717, 1.165) is 41.2 Å². The third-order valence-corrected chi connectivity index (χ3v) is 5.94. The minimum atomic E-state index is 0.760. The summed E-state index contributed by atoms with van der Waals surface area (Å²) >= 11 is 0. The maximum absolute atomic E-state index is 6.02. The van der Waals surface area contributed by atoms with Crippen LogP contribution in [0.15, 0.2) is 36.4 Å². The summed E-state index contributed by atoms with van der Waals surface area (Å²) in [6.45, 7) is 10.9. The second-order valence-electron chi connectivity index (χ2n) is 8.27. The van der Waals surface area contributed by atoms with E-state index < -0.39 is 0 Å². The largest absolute Gasteiger partial charge is 0.494 e. The predicted octanol–water partition coefficient (Wildman–Crippen LogP) is 4.25. The van der Waals surface area contributed by atoms with Gasteiger partial charge in [-0.1, -0.05) is 12.1 Å². The third-order valence-electron chi connectivity index (χ3n) is 5.94. The smallest absolute Gasteiger partial charge is 0.138 e. The first kappa shape index (κ1) is 19.9. The van der Waals surface area contributed by atoms with E-state index in [2.05, 4.69) is 59.9 Å². The van der Waals surface area contributed by atoms with E-state index in [1.807, 2.05) is 12.1 Å². The van der Waals surface area contributed by atoms with Gasteiger partial charge in [0.1, 0.15) is 11.6 Å². The van der Waals surface area contributed by atoms with E-state index >= 15 is 0 Å². The number of unbranched alkanes of at least 4 members (excludes halogenated alkanes) is 1. The van der Waals surface area contributed by atoms with Crippen molar-refractivity contribution in [1.29, 1.82) is 0 Å². The van der Waals surface area contributed by atoms with Gasteiger partial charge in [0.15, 0.2) is 0 Å². The number of piperazine rings is 1. The summed E-state index contributed by atoms with van der Waals surface area (Å²) in [5.41, 5.74) is 5.70. The van der Waals surface area contributed by atoms with Crippen molar-refractivity contribution in [3.63, 3.8) is 0 Å². The van der Waals surface area contributed by atoms with Gasteiger partial charge in [0.2, 0.25) is 0 Å². The van der Waals surface area contributed by atoms with Gasteiger partial charge in [-0.2, -0.15) is 0 Å². The quantitative estimate of drug-likeness (QED) is 0.611. The van der Waals surface area contributed by atoms with E-state index in [9.17, 15) is 0 Å². The summed E-state index contributed by atoms with van der Waals surface area (Å²) in [6, 6.07) is 12.5. The Bertz CT molecular complexity index is 918. The van der Waals surface area contributed by atoms with Crippen molar-refractivity contribution in [3.05, 3.63) is 47.5 Å². The summed E-state index contributed by atoms with van der Waals surface area (Å²) in [6.07, 6.45) is 2.27. The Morgan fingerprint density at radius 2 is 1.79 bits per heavy atom. The van der Waals surface area contributed by atoms with Crippen molar-refractivity contribution in [2.75, 3.05) is 46.4 Å². The van der Waals surface area contributed by atoms with E-state index in [0.29, 0.717) is 0 Å². The Morgan fingerprint density at radius 3 is 2.62 bits per heavy atom. The standard InChI is InChI=1S/C24H32N4O/c1-18-15-22-23(16-19(18)2)26-24(25-22)20-7-6-8-21(17-20)29-14-5-4-9-28-12-10-27(3)11-13-28/h6-8,15-17H,4-5,9-14H2,1-3H3,(H,25,26). The Labute approximate surface area is 173 Å². The zero-order valence-corrected chi connectivity index (χ0v) is 17.9. The number of aromatic nitrogens is 2. The lowest BCUT2D eigenvalue weighted by Crippen LogP contribution is -2.44. The summed E-state index contributed by atoms with van der Waals surface area (Å²) in [4.78, 5) is 13.2. The Morgan fingerprint density at radius 1 is 1.00 bits per heavy atom. The van der Waals surface area contributed by atoms with Crippen molar-refractivity contribution >= 4 is 11.0 Å². The first-order chi connectivity index (χ1) is 14.1. The molecule has 0 spiro atoms. The molecule has 4 rings (SSSR count). The van der Waals surface area contributed by atoms with Gasteiger partial charge in [-0.3, -0.25) is 0 Å². The molecule has 0 atom stereocenters. The number of nitrogens with one attached hydrogen (secondary N) is 1. The molecule has 0 saturated carbocycles. The van der Waals surface area contributed by atoms with E-state index in [1.165, 1.54) is 50.3 Å². The monoisotopic (exact) mass is 392 g/mol. The molecule has 1 saturated heterocycles. The van der Waals surface area contributed by atoms with Crippen LogP contribution < -0.4 is 4.74 Å². The topological polar surface area (TPSA) is 44.4 Å². The van der Waals surface area contributed by atoms with Crippen LogP contribution in [0.5, 0.6) is 5.75 Å². The average Bonchev–Trinajstić information content (AvgIpc) is 3.12. The van der Waals surface area contributed by atoms with Gasteiger partial charge in [0, 0.05) is 31.7 Å². The number of aryl methyl sites for hydroxylation is 2. The number of hydrogen-bond acceptors (Lipinski definition) is 4. The van der Waals surface area contributed by atoms with Crippen molar-refractivity contribution < 1.29 is 4.74 Å². The molecule has 2 aromatic carbocycles. The number of rotatable bonds is 7. The highest BCUT2D eigenvalue weighted by molar-refractivity contribution is 5.81. The van der Waals surface area contributed by atoms with Gasteiger partial charge >= 0.3 is 0 Å². The molecular weight excluding hydrogens is 360 g/mol. The molecule has 0 radical (unpaired) electrons. The first-order valence-electron chi connectivity index (χ1n) is 10.7. The van der Waals surface area contributed by atoms with Crippen molar-refractivity contribution in [2.24, 2.45) is 0 Å². The zero-order valence-electron chi connectivity index (χ0n) is 17.9. The molecule has 0 aliphatic carbocycles. The van der Waals surface area contributed by atoms with E-state index in [1.54, 1.807) is 0 Å². The number of ether oxygens (including phenoxy) is 1. The second kappa shape index (κ2) is 8.97. The molecule has 1 fully saturated rings. The fraction of sp³-hybridized carbons (Fsp3) is 0.458. The van der Waals surface area contributed by atoms with Gasteiger partial charge in [-0.15, -0.1) is 0 Å². The van der Waals surface area contributed by atoms with Crippen molar-refractivity contribution in [1.82, 2.24) is 19.8 Å². The molecule has 0 amide bonds. The van der Waals surface area contributed by atoms with Crippen LogP contribution in [0.4, 0.5) is 0 Å². The van der Waals surface area contributed by atoms with Crippen LogP contribution in [-0.4, -0.2) is 66.1 Å². The van der Waals surface area contributed by atoms with Gasteiger partial charge in [-0.25, -0.2) is 4.98 Å². The van der Waals surface area contributed by atoms with Crippen LogP contribution in [0.3, 0.4) is 0 Å². The molecular formula is C24H32N4O. The number of imidazole rings is 1. The second-order valence-corrected chi connectivity index (χ2v) is 8.27. The molecule has 5 nitrogen and oxygen atoms in total. The van der Waals surface area contributed by atoms with Gasteiger partial charge in [0.05, 0.1) is 17.6 Å². The highest BCUT2D eigenvalue weighted by Gasteiger charge is 2.13. The number of fused-ring (bicyclic) bond motifs is 1. The lowest BCUT2D eigenvalue weighted by molar-refractivity contribution is 0.150. The number of likely N-dealkylation sites (N-methyl/N-ethyl adjacent to an activating group) is 1. The SMILES string of the molecule is Cc1cc2nc(-c3cccc(OCCCCN4CCN(C)CC4)c3)[nH]c2cc1C. The molecule has 2 heterocycles. The molecule has 1 aromatic heterocycles. The van der Waals surface area contributed by atoms with Crippen molar-refractivity contribution in [3.8, 4) is 17.1 Å². The number of aromatic amines is 1. The Balaban J connectivity index is 1.31. The van der Waals surface area contributed by atoms with Gasteiger partial charge < -0.3 is 19.5 Å². The molecule has 0 unspecified atom stereocenters. The molecule has 1 N–H and O–H groups in total. The number of hydrogen-bond donors (Lipinski definition) is 1. The van der Waals surface area contributed by atoms with Crippen LogP contribution in [-0.2, 0) is 0 Å². The highest BCUT2D eigenvalue weighted by Crippen LogP contribution is 2.25. The first-order valence-corrected chi connectivity index (χ1v) is 10.7. The predicted molar refractivity (Wildman–Crippen MR) is 120 cm³/mol. The van der Waals surface area contributed by atoms with Crippen LogP contribution in [0.25, 0.3) is 22.4 Å². The highest BCUT2D eigenvalue weighted by atomic mass is 16.5. The molecule has 1 aliphatic rings. The minimum absolute atomic E-state index is 0.760. The molecule has 1 aliphatic heterocycles. The molecule has 0 bridgehead atoms. The third kappa shape index (κ3) is 4.98. The van der Waals surface area contributed by atoms with E-state index in [-0.39, 0.29) is 0 Å². The summed E-state index contributed by atoms with van der Waals surface area (Å²) in [5.74, 6) is 1.81. The fourth-order valence-electron chi connectivity index (χ4n) is 3.84. The molecule has 5 heteroatoms. The van der Waals surface area contributed by atoms with Gasteiger partial charge in [-0.05, 0) is 75.7 Å². The molecule has 154 valence electrons. The van der Waals surface area contributed by atoms with Crippen LogP contribution in [0.2, 0.25) is 0 Å². The minimum Gasteiger partial charge on any atom is -0.494 e. The summed E-state index contributed by atoms with van der Waals surface area (Å²) < 4.78 is 6.02. The summed E-state index contributed by atoms with van der Waals surface area (Å²) in [5, 5.41) is 0. The van der Waals surface area contributed by atoms with Crippen LogP contribution in [0, 0.1) is 13.8 Å². The maximum Gasteiger partial charge on any atom is 0.138 e.